The zero-order valence-electron chi connectivity index (χ0n) is 22.7. The maximum Gasteiger partial charge on any atom is 0.298 e. The highest BCUT2D eigenvalue weighted by molar-refractivity contribution is 6.47. The number of piperazine rings is 1. The van der Waals surface area contributed by atoms with Gasteiger partial charge in [-0.1, -0.05) is 42.5 Å². The Balaban J connectivity index is 1.17. The summed E-state index contributed by atoms with van der Waals surface area (Å²) in [5.41, 5.74) is 6.46. The molecule has 0 unspecified atom stereocenters. The van der Waals surface area contributed by atoms with Gasteiger partial charge in [0, 0.05) is 60.0 Å². The van der Waals surface area contributed by atoms with Crippen molar-refractivity contribution in [2.75, 3.05) is 41.3 Å². The lowest BCUT2D eigenvalue weighted by Gasteiger charge is -2.36. The molecule has 1 N–H and O–H groups in total. The number of amides is 1. The number of carbonyl (C=O) groups is 2. The van der Waals surface area contributed by atoms with Gasteiger partial charge in [0.25, 0.3) is 11.7 Å². The number of rotatable bonds is 6. The first-order valence-electron chi connectivity index (χ1n) is 13.5. The van der Waals surface area contributed by atoms with Crippen LogP contribution in [0, 0.1) is 13.8 Å². The molecule has 1 saturated heterocycles. The van der Waals surface area contributed by atoms with Gasteiger partial charge in [0.05, 0.1) is 0 Å². The molecule has 0 spiro atoms. The highest BCUT2D eigenvalue weighted by Gasteiger charge is 2.26. The Bertz CT molecular complexity index is 1680. The molecule has 1 fully saturated rings. The van der Waals surface area contributed by atoms with E-state index in [0.717, 1.165) is 65.7 Å². The van der Waals surface area contributed by atoms with E-state index < -0.39 is 11.7 Å². The normalized spacial score (nSPS) is 13.4. The Kier molecular flexibility index (Phi) is 6.78. The molecule has 7 nitrogen and oxygen atoms in total. The predicted molar refractivity (Wildman–Crippen MR) is 160 cm³/mol. The van der Waals surface area contributed by atoms with Crippen LogP contribution in [0.5, 0.6) is 0 Å². The second-order valence-corrected chi connectivity index (χ2v) is 10.1. The lowest BCUT2D eigenvalue weighted by atomic mass is 10.0. The molecular weight excluding hydrogens is 498 g/mol. The number of ketones is 1. The van der Waals surface area contributed by atoms with Gasteiger partial charge < -0.3 is 19.5 Å². The number of hydrogen-bond acceptors (Lipinski definition) is 5. The first-order valence-corrected chi connectivity index (χ1v) is 13.5. The standard InChI is InChI=1S/C33H31N5O2/c1-23-8-6-13-30(34-23)37-20-18-36(19-21-37)27-16-14-26(15-17-27)35-33(40)32(39)31-29(25-10-4-3-5-11-25)22-28-12-7-9-24(2)38(28)31/h3-17,22H,18-21H2,1-2H3,(H,35,40). The fourth-order valence-electron chi connectivity index (χ4n) is 5.40. The van der Waals surface area contributed by atoms with Gasteiger partial charge in [-0.2, -0.15) is 0 Å². The van der Waals surface area contributed by atoms with Crippen molar-refractivity contribution >= 4 is 34.4 Å². The third kappa shape index (κ3) is 4.94. The van der Waals surface area contributed by atoms with Crippen molar-refractivity contribution in [2.24, 2.45) is 0 Å². The Labute approximate surface area is 233 Å². The second kappa shape index (κ2) is 10.7. The molecule has 2 aromatic carbocycles. The summed E-state index contributed by atoms with van der Waals surface area (Å²) in [6, 6.07) is 31.3. The van der Waals surface area contributed by atoms with Crippen molar-refractivity contribution in [3.63, 3.8) is 0 Å². The van der Waals surface area contributed by atoms with Gasteiger partial charge in [-0.3, -0.25) is 9.59 Å². The molecular formula is C33H31N5O2. The fraction of sp³-hybridized carbons (Fsp3) is 0.182. The topological polar surface area (TPSA) is 70.0 Å². The Morgan fingerprint density at radius 1 is 0.750 bits per heavy atom. The number of carbonyl (C=O) groups excluding carboxylic acids is 2. The largest absolute Gasteiger partial charge is 0.368 e. The molecule has 200 valence electrons. The first kappa shape index (κ1) is 25.4. The highest BCUT2D eigenvalue weighted by atomic mass is 16.2. The maximum absolute atomic E-state index is 13.6. The number of hydrogen-bond donors (Lipinski definition) is 1. The van der Waals surface area contributed by atoms with Gasteiger partial charge in [0.2, 0.25) is 0 Å². The van der Waals surface area contributed by atoms with E-state index in [2.05, 4.69) is 26.2 Å². The van der Waals surface area contributed by atoms with E-state index in [1.807, 2.05) is 109 Å². The molecule has 7 heteroatoms. The van der Waals surface area contributed by atoms with Crippen molar-refractivity contribution in [1.82, 2.24) is 9.38 Å². The summed E-state index contributed by atoms with van der Waals surface area (Å²) >= 11 is 0. The van der Waals surface area contributed by atoms with Crippen LogP contribution in [-0.2, 0) is 4.79 Å². The van der Waals surface area contributed by atoms with Crippen LogP contribution < -0.4 is 15.1 Å². The van der Waals surface area contributed by atoms with Crippen molar-refractivity contribution in [2.45, 2.75) is 13.8 Å². The van der Waals surface area contributed by atoms with Crippen molar-refractivity contribution in [3.8, 4) is 11.1 Å². The summed E-state index contributed by atoms with van der Waals surface area (Å²) in [6.45, 7) is 7.48. The quantitative estimate of drug-likeness (QED) is 0.224. The lowest BCUT2D eigenvalue weighted by Crippen LogP contribution is -2.46. The van der Waals surface area contributed by atoms with Crippen molar-refractivity contribution in [3.05, 3.63) is 114 Å². The molecule has 1 aliphatic heterocycles. The molecule has 0 saturated carbocycles. The summed E-state index contributed by atoms with van der Waals surface area (Å²) < 4.78 is 1.86. The van der Waals surface area contributed by atoms with Gasteiger partial charge in [-0.15, -0.1) is 0 Å². The van der Waals surface area contributed by atoms with Gasteiger partial charge in [0.1, 0.15) is 11.5 Å². The average molecular weight is 530 g/mol. The predicted octanol–water partition coefficient (Wildman–Crippen LogP) is 5.77. The molecule has 0 bridgehead atoms. The fourth-order valence-corrected chi connectivity index (χ4v) is 5.40. The summed E-state index contributed by atoms with van der Waals surface area (Å²) in [5, 5.41) is 2.82. The van der Waals surface area contributed by atoms with E-state index >= 15 is 0 Å². The summed E-state index contributed by atoms with van der Waals surface area (Å²) in [5.74, 6) is -0.214. The Hall–Kier alpha value is -4.91. The van der Waals surface area contributed by atoms with Crippen LogP contribution >= 0.6 is 0 Å². The molecule has 0 atom stereocenters. The van der Waals surface area contributed by atoms with E-state index in [-0.39, 0.29) is 0 Å². The van der Waals surface area contributed by atoms with E-state index in [4.69, 9.17) is 0 Å². The minimum atomic E-state index is -0.660. The van der Waals surface area contributed by atoms with Crippen LogP contribution in [0.1, 0.15) is 21.9 Å². The van der Waals surface area contributed by atoms with Crippen LogP contribution in [0.4, 0.5) is 17.2 Å². The third-order valence-corrected chi connectivity index (χ3v) is 7.46. The third-order valence-electron chi connectivity index (χ3n) is 7.46. The summed E-state index contributed by atoms with van der Waals surface area (Å²) in [7, 11) is 0. The number of anilines is 3. The zero-order valence-corrected chi connectivity index (χ0v) is 22.7. The van der Waals surface area contributed by atoms with Gasteiger partial charge in [-0.05, 0) is 74.0 Å². The summed E-state index contributed by atoms with van der Waals surface area (Å²) in [4.78, 5) is 36.1. The SMILES string of the molecule is Cc1cccc(N2CCN(c3ccc(NC(=O)C(=O)c4c(-c5ccccc5)cc5cccc(C)n45)cc3)CC2)n1. The molecule has 5 aromatic rings. The molecule has 0 radical (unpaired) electrons. The van der Waals surface area contributed by atoms with Gasteiger partial charge in [0.15, 0.2) is 0 Å². The molecule has 0 aliphatic carbocycles. The molecule has 40 heavy (non-hydrogen) atoms. The number of fused-ring (bicyclic) bond motifs is 1. The van der Waals surface area contributed by atoms with Gasteiger partial charge >= 0.3 is 0 Å². The van der Waals surface area contributed by atoms with Crippen LogP contribution in [-0.4, -0.2) is 47.3 Å². The highest BCUT2D eigenvalue weighted by Crippen LogP contribution is 2.30. The van der Waals surface area contributed by atoms with Crippen molar-refractivity contribution in [1.29, 1.82) is 0 Å². The number of benzene rings is 2. The minimum Gasteiger partial charge on any atom is -0.368 e. The van der Waals surface area contributed by atoms with E-state index in [1.165, 1.54) is 0 Å². The van der Waals surface area contributed by atoms with E-state index in [0.29, 0.717) is 11.4 Å². The number of aromatic nitrogens is 2. The Morgan fingerprint density at radius 2 is 1.45 bits per heavy atom. The number of nitrogens with zero attached hydrogens (tertiary/aromatic N) is 4. The van der Waals surface area contributed by atoms with Crippen molar-refractivity contribution < 1.29 is 9.59 Å². The maximum atomic E-state index is 13.6. The molecule has 1 aliphatic rings. The van der Waals surface area contributed by atoms with Crippen LogP contribution in [0.2, 0.25) is 0 Å². The zero-order chi connectivity index (χ0) is 27.6. The monoisotopic (exact) mass is 529 g/mol. The molecule has 4 heterocycles. The van der Waals surface area contributed by atoms with Crippen LogP contribution in [0.3, 0.4) is 0 Å². The van der Waals surface area contributed by atoms with E-state index in [1.54, 1.807) is 0 Å². The number of nitrogens with one attached hydrogen (secondary N) is 1. The van der Waals surface area contributed by atoms with Gasteiger partial charge in [-0.25, -0.2) is 4.98 Å². The average Bonchev–Trinajstić information content (AvgIpc) is 3.39. The second-order valence-electron chi connectivity index (χ2n) is 10.1. The van der Waals surface area contributed by atoms with Crippen LogP contribution in [0.25, 0.3) is 16.6 Å². The molecule has 6 rings (SSSR count). The Morgan fingerprint density at radius 3 is 2.17 bits per heavy atom. The number of aryl methyl sites for hydroxylation is 2. The lowest BCUT2D eigenvalue weighted by molar-refractivity contribution is -0.112. The number of Topliss-reactive ketones (excluding diaryl/α,β-unsaturated/α-hetero) is 1. The smallest absolute Gasteiger partial charge is 0.298 e. The number of pyridine rings is 2. The van der Waals surface area contributed by atoms with Crippen LogP contribution in [0.15, 0.2) is 97.1 Å². The van der Waals surface area contributed by atoms with E-state index in [9.17, 15) is 9.59 Å². The molecule has 1 amide bonds. The first-order chi connectivity index (χ1) is 19.5. The molecule has 3 aromatic heterocycles. The minimum absolute atomic E-state index is 0.370. The summed E-state index contributed by atoms with van der Waals surface area (Å²) in [6.07, 6.45) is 0.